The Balaban J connectivity index is 2.23. The van der Waals surface area contributed by atoms with Crippen LogP contribution in [0, 0.1) is 6.92 Å². The summed E-state index contributed by atoms with van der Waals surface area (Å²) in [6.07, 6.45) is 9.62. The molecule has 0 aliphatic carbocycles. The highest BCUT2D eigenvalue weighted by Gasteiger charge is 2.44. The molecule has 2 heterocycles. The molecule has 27 heavy (non-hydrogen) atoms. The van der Waals surface area contributed by atoms with Crippen LogP contribution in [0.2, 0.25) is 0 Å². The van der Waals surface area contributed by atoms with Crippen molar-refractivity contribution in [1.82, 2.24) is 4.98 Å². The Morgan fingerprint density at radius 1 is 1.41 bits per heavy atom. The van der Waals surface area contributed by atoms with Gasteiger partial charge in [0.2, 0.25) is 0 Å². The fourth-order valence-electron chi connectivity index (χ4n) is 2.55. The Labute approximate surface area is 168 Å². The summed E-state index contributed by atoms with van der Waals surface area (Å²) in [7, 11) is -0.395. The van der Waals surface area contributed by atoms with Crippen molar-refractivity contribution in [2.24, 2.45) is 0 Å². The molecule has 0 aromatic carbocycles. The third-order valence-electron chi connectivity index (χ3n) is 4.77. The second-order valence-electron chi connectivity index (χ2n) is 7.11. The quantitative estimate of drug-likeness (QED) is 0.378. The molecule has 1 saturated heterocycles. The lowest BCUT2D eigenvalue weighted by Gasteiger charge is -2.22. The molecule has 0 bridgehead atoms. The van der Waals surface area contributed by atoms with E-state index in [1.54, 1.807) is 12.4 Å². The van der Waals surface area contributed by atoms with Gasteiger partial charge in [0.1, 0.15) is 5.82 Å². The number of hydrogen-bond acceptors (Lipinski definition) is 5. The maximum absolute atomic E-state index is 6.12. The van der Waals surface area contributed by atoms with Crippen molar-refractivity contribution in [3.8, 4) is 0 Å². The summed E-state index contributed by atoms with van der Waals surface area (Å²) in [5.41, 5.74) is 2.85. The molecule has 1 aromatic heterocycles. The number of aromatic nitrogens is 1. The molecule has 2 rings (SSSR count). The van der Waals surface area contributed by atoms with Gasteiger partial charge in [0.05, 0.1) is 11.7 Å². The van der Waals surface area contributed by atoms with Crippen LogP contribution in [0.1, 0.15) is 40.2 Å². The standard InChI is InChI=1S/C21H29BN2O2S/c1-9-15(3)11-12-16(4)27-24(10-2)20-17(5)19(13-14-23-20)22-25-18(6)21(7,8)26-22/h9-14,18H,2,4H2,1,3,5-8H3/b12-11-,15-9-. The SMILES string of the molecule is C=CN(SC(=C)/C=C\C(C)=C/C)c1nccc(B2OC(C)C(C)(C)O2)c1C. The van der Waals surface area contributed by atoms with Gasteiger partial charge in [-0.15, -0.1) is 0 Å². The predicted octanol–water partition coefficient (Wildman–Crippen LogP) is 4.93. The van der Waals surface area contributed by atoms with Crippen molar-refractivity contribution in [2.75, 3.05) is 4.31 Å². The summed E-state index contributed by atoms with van der Waals surface area (Å²) < 4.78 is 14.1. The number of pyridine rings is 1. The molecule has 0 radical (unpaired) electrons. The van der Waals surface area contributed by atoms with Gasteiger partial charge in [0.25, 0.3) is 0 Å². The van der Waals surface area contributed by atoms with Gasteiger partial charge >= 0.3 is 7.12 Å². The summed E-state index contributed by atoms with van der Waals surface area (Å²) in [5, 5.41) is 0. The van der Waals surface area contributed by atoms with Crippen LogP contribution in [-0.2, 0) is 9.31 Å². The van der Waals surface area contributed by atoms with Crippen LogP contribution in [-0.4, -0.2) is 23.8 Å². The van der Waals surface area contributed by atoms with E-state index in [2.05, 4.69) is 31.1 Å². The minimum atomic E-state index is -0.395. The highest BCUT2D eigenvalue weighted by Crippen LogP contribution is 2.31. The topological polar surface area (TPSA) is 34.6 Å². The molecule has 0 spiro atoms. The van der Waals surface area contributed by atoms with E-state index in [0.29, 0.717) is 0 Å². The number of nitrogens with zero attached hydrogens (tertiary/aromatic N) is 2. The molecule has 6 heteroatoms. The number of hydrogen-bond donors (Lipinski definition) is 0. The first-order valence-electron chi connectivity index (χ1n) is 9.08. The van der Waals surface area contributed by atoms with Crippen molar-refractivity contribution in [1.29, 1.82) is 0 Å². The van der Waals surface area contributed by atoms with Crippen molar-refractivity contribution >= 4 is 30.3 Å². The maximum Gasteiger partial charge on any atom is 0.495 e. The van der Waals surface area contributed by atoms with Gasteiger partial charge in [-0.2, -0.15) is 0 Å². The van der Waals surface area contributed by atoms with Gasteiger partial charge in [-0.1, -0.05) is 30.9 Å². The molecular weight excluding hydrogens is 355 g/mol. The van der Waals surface area contributed by atoms with Crippen LogP contribution >= 0.6 is 11.9 Å². The lowest BCUT2D eigenvalue weighted by atomic mass is 9.77. The van der Waals surface area contributed by atoms with Crippen LogP contribution in [0.25, 0.3) is 0 Å². The number of anilines is 1. The number of allylic oxidation sites excluding steroid dienone is 4. The molecule has 1 unspecified atom stereocenters. The lowest BCUT2D eigenvalue weighted by Crippen LogP contribution is -2.37. The molecule has 1 fully saturated rings. The third-order valence-corrected chi connectivity index (χ3v) is 5.66. The Morgan fingerprint density at radius 3 is 2.67 bits per heavy atom. The molecule has 1 aliphatic rings. The van der Waals surface area contributed by atoms with E-state index in [-0.39, 0.29) is 11.7 Å². The van der Waals surface area contributed by atoms with Gasteiger partial charge < -0.3 is 9.31 Å². The summed E-state index contributed by atoms with van der Waals surface area (Å²) in [6.45, 7) is 20.3. The monoisotopic (exact) mass is 384 g/mol. The van der Waals surface area contributed by atoms with Gasteiger partial charge in [-0.3, -0.25) is 4.31 Å². The second kappa shape index (κ2) is 8.96. The van der Waals surface area contributed by atoms with Crippen LogP contribution in [0.15, 0.2) is 60.3 Å². The Kier molecular flexibility index (Phi) is 7.15. The smallest absolute Gasteiger partial charge is 0.402 e. The zero-order valence-corrected chi connectivity index (χ0v) is 18.0. The van der Waals surface area contributed by atoms with Crippen LogP contribution in [0.4, 0.5) is 5.82 Å². The van der Waals surface area contributed by atoms with Crippen molar-refractivity contribution in [2.45, 2.75) is 53.2 Å². The van der Waals surface area contributed by atoms with E-state index < -0.39 is 7.12 Å². The molecule has 0 amide bonds. The molecular formula is C21H29BN2O2S. The van der Waals surface area contributed by atoms with E-state index in [9.17, 15) is 0 Å². The summed E-state index contributed by atoms with van der Waals surface area (Å²) >= 11 is 1.48. The minimum absolute atomic E-state index is 0.0168. The highest BCUT2D eigenvalue weighted by atomic mass is 32.2. The Bertz CT molecular complexity index is 773. The molecule has 0 saturated carbocycles. The molecule has 144 valence electrons. The van der Waals surface area contributed by atoms with Crippen molar-refractivity contribution in [3.63, 3.8) is 0 Å². The molecule has 1 atom stereocenters. The van der Waals surface area contributed by atoms with E-state index in [1.165, 1.54) is 17.5 Å². The van der Waals surface area contributed by atoms with E-state index in [1.807, 2.05) is 57.1 Å². The van der Waals surface area contributed by atoms with Crippen LogP contribution in [0.3, 0.4) is 0 Å². The van der Waals surface area contributed by atoms with Gasteiger partial charge in [0, 0.05) is 17.3 Å². The third kappa shape index (κ3) is 5.15. The molecule has 0 N–H and O–H groups in total. The first-order chi connectivity index (χ1) is 12.7. The highest BCUT2D eigenvalue weighted by molar-refractivity contribution is 8.04. The summed E-state index contributed by atoms with van der Waals surface area (Å²) in [5.74, 6) is 0.800. The fourth-order valence-corrected chi connectivity index (χ4v) is 3.27. The lowest BCUT2D eigenvalue weighted by molar-refractivity contribution is 0.0842. The van der Waals surface area contributed by atoms with Crippen LogP contribution in [0.5, 0.6) is 0 Å². The van der Waals surface area contributed by atoms with E-state index >= 15 is 0 Å². The first-order valence-corrected chi connectivity index (χ1v) is 9.85. The maximum atomic E-state index is 6.12. The fraction of sp³-hybridized carbons (Fsp3) is 0.381. The average Bonchev–Trinajstić information content (AvgIpc) is 2.90. The normalized spacial score (nSPS) is 19.6. The van der Waals surface area contributed by atoms with Gasteiger partial charge in [-0.05, 0) is 76.7 Å². The zero-order valence-electron chi connectivity index (χ0n) is 17.2. The number of rotatable bonds is 7. The van der Waals surface area contributed by atoms with E-state index in [0.717, 1.165) is 21.7 Å². The Morgan fingerprint density at radius 2 is 2.11 bits per heavy atom. The predicted molar refractivity (Wildman–Crippen MR) is 118 cm³/mol. The first kappa shape index (κ1) is 21.5. The molecule has 4 nitrogen and oxygen atoms in total. The van der Waals surface area contributed by atoms with Gasteiger partial charge in [-0.25, -0.2) is 4.98 Å². The largest absolute Gasteiger partial charge is 0.495 e. The van der Waals surface area contributed by atoms with Crippen molar-refractivity contribution < 1.29 is 9.31 Å². The summed E-state index contributed by atoms with van der Waals surface area (Å²) in [6, 6.07) is 1.95. The Hall–Kier alpha value is -1.76. The average molecular weight is 384 g/mol. The molecule has 1 aromatic rings. The second-order valence-corrected chi connectivity index (χ2v) is 8.21. The van der Waals surface area contributed by atoms with Crippen molar-refractivity contribution in [3.05, 3.63) is 65.9 Å². The summed E-state index contributed by atoms with van der Waals surface area (Å²) in [4.78, 5) is 5.44. The minimum Gasteiger partial charge on any atom is -0.402 e. The van der Waals surface area contributed by atoms with Gasteiger partial charge in [0.15, 0.2) is 0 Å². The van der Waals surface area contributed by atoms with Crippen LogP contribution < -0.4 is 9.77 Å². The molecule has 1 aliphatic heterocycles. The van der Waals surface area contributed by atoms with E-state index in [4.69, 9.17) is 9.31 Å². The zero-order chi connectivity index (χ0) is 20.2.